The minimum Gasteiger partial charge on any atom is -0.488 e. The van der Waals surface area contributed by atoms with Crippen molar-refractivity contribution in [2.24, 2.45) is 0 Å². The Bertz CT molecular complexity index is 548. The Morgan fingerprint density at radius 3 is 2.40 bits per heavy atom. The van der Waals surface area contributed by atoms with Crippen LogP contribution >= 0.6 is 0 Å². The van der Waals surface area contributed by atoms with Crippen molar-refractivity contribution in [2.75, 3.05) is 0 Å². The molecule has 0 spiro atoms. The lowest BCUT2D eigenvalue weighted by molar-refractivity contribution is 0.00687. The first kappa shape index (κ1) is 14.1. The van der Waals surface area contributed by atoms with Crippen molar-refractivity contribution in [3.63, 3.8) is 0 Å². The first-order valence-corrected chi connectivity index (χ1v) is 6.69. The fourth-order valence-electron chi connectivity index (χ4n) is 2.29. The first-order valence-electron chi connectivity index (χ1n) is 6.69. The van der Waals surface area contributed by atoms with Crippen LogP contribution in [-0.2, 0) is 0 Å². The fraction of sp³-hybridized carbons (Fsp3) is 0.375. The summed E-state index contributed by atoms with van der Waals surface area (Å²) in [6.07, 6.45) is 4.78. The SMILES string of the molecule is N#CC(C#N)=Cc1ccc(OC2CCCCC2O)cc1. The lowest BCUT2D eigenvalue weighted by Gasteiger charge is -2.28. The second-order valence-corrected chi connectivity index (χ2v) is 4.86. The van der Waals surface area contributed by atoms with E-state index in [1.54, 1.807) is 24.3 Å². The number of aliphatic hydroxyl groups is 1. The monoisotopic (exact) mass is 268 g/mol. The zero-order valence-corrected chi connectivity index (χ0v) is 11.1. The van der Waals surface area contributed by atoms with Gasteiger partial charge in [-0.15, -0.1) is 0 Å². The van der Waals surface area contributed by atoms with Gasteiger partial charge in [0.15, 0.2) is 0 Å². The van der Waals surface area contributed by atoms with E-state index in [1.807, 2.05) is 12.1 Å². The highest BCUT2D eigenvalue weighted by Crippen LogP contribution is 2.24. The van der Waals surface area contributed by atoms with Crippen molar-refractivity contribution < 1.29 is 9.84 Å². The molecule has 1 aromatic carbocycles. The number of ether oxygens (including phenoxy) is 1. The van der Waals surface area contributed by atoms with Crippen LogP contribution in [0.5, 0.6) is 5.75 Å². The van der Waals surface area contributed by atoms with E-state index in [1.165, 1.54) is 6.08 Å². The van der Waals surface area contributed by atoms with Gasteiger partial charge in [-0.05, 0) is 43.0 Å². The minimum absolute atomic E-state index is 0.0707. The van der Waals surface area contributed by atoms with Gasteiger partial charge < -0.3 is 9.84 Å². The molecule has 4 heteroatoms. The molecule has 1 aromatic rings. The molecule has 2 unspecified atom stereocenters. The maximum Gasteiger partial charge on any atom is 0.130 e. The number of hydrogen-bond acceptors (Lipinski definition) is 4. The van der Waals surface area contributed by atoms with Crippen molar-refractivity contribution >= 4 is 6.08 Å². The van der Waals surface area contributed by atoms with E-state index in [-0.39, 0.29) is 11.7 Å². The second-order valence-electron chi connectivity index (χ2n) is 4.86. The number of allylic oxidation sites excluding steroid dienone is 1. The molecule has 0 saturated heterocycles. The molecule has 0 radical (unpaired) electrons. The van der Waals surface area contributed by atoms with E-state index >= 15 is 0 Å². The van der Waals surface area contributed by atoms with Crippen LogP contribution in [0.2, 0.25) is 0 Å². The maximum atomic E-state index is 9.86. The van der Waals surface area contributed by atoms with Gasteiger partial charge in [0, 0.05) is 0 Å². The van der Waals surface area contributed by atoms with Crippen LogP contribution in [0.4, 0.5) is 0 Å². The third kappa shape index (κ3) is 3.60. The molecule has 0 aromatic heterocycles. The average Bonchev–Trinajstić information content (AvgIpc) is 2.49. The summed E-state index contributed by atoms with van der Waals surface area (Å²) >= 11 is 0. The van der Waals surface area contributed by atoms with Crippen molar-refractivity contribution in [1.82, 2.24) is 0 Å². The van der Waals surface area contributed by atoms with E-state index in [4.69, 9.17) is 15.3 Å². The summed E-state index contributed by atoms with van der Waals surface area (Å²) in [4.78, 5) is 0. The highest BCUT2D eigenvalue weighted by atomic mass is 16.5. The molecule has 1 fully saturated rings. The van der Waals surface area contributed by atoms with Crippen LogP contribution in [-0.4, -0.2) is 17.3 Å². The summed E-state index contributed by atoms with van der Waals surface area (Å²) in [5.41, 5.74) is 0.848. The van der Waals surface area contributed by atoms with Gasteiger partial charge in [0.25, 0.3) is 0 Å². The predicted octanol–water partition coefficient (Wildman–Crippen LogP) is 2.80. The van der Waals surface area contributed by atoms with Crippen LogP contribution in [0.1, 0.15) is 31.2 Å². The van der Waals surface area contributed by atoms with E-state index in [0.29, 0.717) is 5.75 Å². The molecule has 4 nitrogen and oxygen atoms in total. The molecular weight excluding hydrogens is 252 g/mol. The number of nitrogens with zero attached hydrogens (tertiary/aromatic N) is 2. The first-order chi connectivity index (χ1) is 9.72. The molecule has 20 heavy (non-hydrogen) atoms. The summed E-state index contributed by atoms with van der Waals surface area (Å²) in [6, 6.07) is 10.8. The van der Waals surface area contributed by atoms with Crippen molar-refractivity contribution in [3.05, 3.63) is 35.4 Å². The fourth-order valence-corrected chi connectivity index (χ4v) is 2.29. The van der Waals surface area contributed by atoms with Crippen molar-refractivity contribution in [3.8, 4) is 17.9 Å². The molecule has 0 bridgehead atoms. The third-order valence-electron chi connectivity index (χ3n) is 3.39. The molecule has 0 amide bonds. The van der Waals surface area contributed by atoms with Gasteiger partial charge in [-0.25, -0.2) is 0 Å². The number of rotatable bonds is 3. The highest BCUT2D eigenvalue weighted by molar-refractivity contribution is 5.62. The maximum absolute atomic E-state index is 9.86. The van der Waals surface area contributed by atoms with Crippen LogP contribution in [0.25, 0.3) is 6.08 Å². The van der Waals surface area contributed by atoms with Gasteiger partial charge in [0.05, 0.1) is 6.10 Å². The van der Waals surface area contributed by atoms with E-state index in [0.717, 1.165) is 31.2 Å². The van der Waals surface area contributed by atoms with Crippen LogP contribution in [0, 0.1) is 22.7 Å². The molecule has 102 valence electrons. The Morgan fingerprint density at radius 1 is 1.15 bits per heavy atom. The lowest BCUT2D eigenvalue weighted by atomic mass is 9.95. The zero-order chi connectivity index (χ0) is 14.4. The summed E-state index contributed by atoms with van der Waals surface area (Å²) < 4.78 is 5.78. The number of aliphatic hydroxyl groups excluding tert-OH is 1. The van der Waals surface area contributed by atoms with Gasteiger partial charge in [0.1, 0.15) is 29.6 Å². The van der Waals surface area contributed by atoms with E-state index in [2.05, 4.69) is 0 Å². The normalized spacial score (nSPS) is 21.4. The Labute approximate surface area is 118 Å². The molecule has 1 aliphatic rings. The molecule has 0 aliphatic heterocycles. The third-order valence-corrected chi connectivity index (χ3v) is 3.39. The van der Waals surface area contributed by atoms with Gasteiger partial charge >= 0.3 is 0 Å². The molecule has 2 rings (SSSR count). The van der Waals surface area contributed by atoms with Crippen LogP contribution in [0.3, 0.4) is 0 Å². The van der Waals surface area contributed by atoms with Gasteiger partial charge in [-0.2, -0.15) is 10.5 Å². The van der Waals surface area contributed by atoms with Gasteiger partial charge in [-0.1, -0.05) is 18.6 Å². The van der Waals surface area contributed by atoms with Crippen LogP contribution < -0.4 is 4.74 Å². The Morgan fingerprint density at radius 2 is 1.80 bits per heavy atom. The minimum atomic E-state index is -0.396. The summed E-state index contributed by atoms with van der Waals surface area (Å²) in [6.45, 7) is 0. The van der Waals surface area contributed by atoms with Crippen LogP contribution in [0.15, 0.2) is 29.8 Å². The van der Waals surface area contributed by atoms with E-state index < -0.39 is 6.10 Å². The molecular formula is C16H16N2O2. The molecule has 1 N–H and O–H groups in total. The topological polar surface area (TPSA) is 77.0 Å². The van der Waals surface area contributed by atoms with Crippen molar-refractivity contribution in [2.45, 2.75) is 37.9 Å². The molecule has 1 saturated carbocycles. The predicted molar refractivity (Wildman–Crippen MR) is 74.5 cm³/mol. The quantitative estimate of drug-likeness (QED) is 0.855. The second kappa shape index (κ2) is 6.75. The van der Waals surface area contributed by atoms with Crippen molar-refractivity contribution in [1.29, 1.82) is 10.5 Å². The highest BCUT2D eigenvalue weighted by Gasteiger charge is 2.24. The zero-order valence-electron chi connectivity index (χ0n) is 11.1. The van der Waals surface area contributed by atoms with Gasteiger partial charge in [0.2, 0.25) is 0 Å². The number of benzene rings is 1. The smallest absolute Gasteiger partial charge is 0.130 e. The lowest BCUT2D eigenvalue weighted by Crippen LogP contribution is -2.34. The largest absolute Gasteiger partial charge is 0.488 e. The Balaban J connectivity index is 2.04. The molecule has 1 aliphatic carbocycles. The van der Waals surface area contributed by atoms with E-state index in [9.17, 15) is 5.11 Å². The number of nitriles is 2. The Hall–Kier alpha value is -2.30. The average molecular weight is 268 g/mol. The summed E-state index contributed by atoms with van der Waals surface area (Å²) in [5, 5.41) is 27.2. The summed E-state index contributed by atoms with van der Waals surface area (Å²) in [5.74, 6) is 0.698. The standard InChI is InChI=1S/C16H16N2O2/c17-10-13(11-18)9-12-5-7-14(8-6-12)20-16-4-2-1-3-15(16)19/h5-9,15-16,19H,1-4H2. The molecule has 2 atom stereocenters. The Kier molecular flexibility index (Phi) is 4.76. The number of hydrogen-bond donors (Lipinski definition) is 1. The van der Waals surface area contributed by atoms with Gasteiger partial charge in [-0.3, -0.25) is 0 Å². The molecule has 0 heterocycles. The summed E-state index contributed by atoms with van der Waals surface area (Å²) in [7, 11) is 0.